The summed E-state index contributed by atoms with van der Waals surface area (Å²) in [5, 5.41) is 10.8. The standard InChI is InChI=1S/C16H17ClF3N3O4/c1-9(2)15(3,8-21)22-12(24)7-27-13(25)6-23-5-10(16(18,19)20)4-11(17)14(23)26/h4-5,9H,6-7H2,1-3H3,(H,22,24)/t15-/m0/s1. The molecule has 0 fully saturated rings. The lowest BCUT2D eigenvalue weighted by atomic mass is 9.90. The Hall–Kier alpha value is -2.54. The summed E-state index contributed by atoms with van der Waals surface area (Å²) in [6, 6.07) is 2.38. The van der Waals surface area contributed by atoms with Gasteiger partial charge in [0.2, 0.25) is 0 Å². The van der Waals surface area contributed by atoms with Gasteiger partial charge in [0.05, 0.1) is 11.6 Å². The minimum absolute atomic E-state index is 0.229. The first-order valence-corrected chi connectivity index (χ1v) is 8.03. The fourth-order valence-electron chi connectivity index (χ4n) is 1.83. The molecule has 0 spiro atoms. The predicted molar refractivity (Wildman–Crippen MR) is 88.7 cm³/mol. The normalized spacial score (nSPS) is 13.6. The van der Waals surface area contributed by atoms with Crippen LogP contribution in [0.1, 0.15) is 26.3 Å². The average Bonchev–Trinajstić information content (AvgIpc) is 2.55. The maximum absolute atomic E-state index is 12.8. The third-order valence-corrected chi connectivity index (χ3v) is 4.09. The van der Waals surface area contributed by atoms with Gasteiger partial charge in [-0.1, -0.05) is 25.4 Å². The van der Waals surface area contributed by atoms with Crippen LogP contribution in [0.2, 0.25) is 5.02 Å². The molecule has 0 saturated heterocycles. The summed E-state index contributed by atoms with van der Waals surface area (Å²) in [6.07, 6.45) is -4.33. The van der Waals surface area contributed by atoms with E-state index in [9.17, 15) is 27.6 Å². The maximum atomic E-state index is 12.8. The molecule has 7 nitrogen and oxygen atoms in total. The van der Waals surface area contributed by atoms with Crippen LogP contribution >= 0.6 is 11.6 Å². The minimum atomic E-state index is -4.76. The largest absolute Gasteiger partial charge is 0.454 e. The maximum Gasteiger partial charge on any atom is 0.417 e. The number of hydrogen-bond acceptors (Lipinski definition) is 5. The van der Waals surface area contributed by atoms with Crippen LogP contribution in [0.15, 0.2) is 17.1 Å². The van der Waals surface area contributed by atoms with Gasteiger partial charge in [0.1, 0.15) is 17.1 Å². The van der Waals surface area contributed by atoms with Gasteiger partial charge in [-0.05, 0) is 18.9 Å². The number of ether oxygens (including phenoxy) is 1. The zero-order valence-corrected chi connectivity index (χ0v) is 15.4. The molecular formula is C16H17ClF3N3O4. The molecule has 0 aliphatic heterocycles. The number of nitrogens with zero attached hydrogens (tertiary/aromatic N) is 2. The Labute approximate surface area is 157 Å². The number of amides is 1. The first-order valence-electron chi connectivity index (χ1n) is 7.65. The molecule has 0 bridgehead atoms. The highest BCUT2D eigenvalue weighted by Crippen LogP contribution is 2.29. The molecule has 0 aliphatic rings. The monoisotopic (exact) mass is 407 g/mol. The van der Waals surface area contributed by atoms with Gasteiger partial charge < -0.3 is 14.6 Å². The van der Waals surface area contributed by atoms with Crippen molar-refractivity contribution in [2.24, 2.45) is 5.92 Å². The molecule has 1 heterocycles. The zero-order chi connectivity index (χ0) is 21.0. The molecule has 0 unspecified atom stereocenters. The van der Waals surface area contributed by atoms with Crippen LogP contribution in [-0.2, 0) is 27.0 Å². The summed E-state index contributed by atoms with van der Waals surface area (Å²) in [6.45, 7) is 3.28. The number of halogens is 4. The van der Waals surface area contributed by atoms with Gasteiger partial charge in [0.25, 0.3) is 11.5 Å². The van der Waals surface area contributed by atoms with Crippen molar-refractivity contribution in [3.8, 4) is 6.07 Å². The van der Waals surface area contributed by atoms with Crippen LogP contribution in [-0.4, -0.2) is 28.6 Å². The number of alkyl halides is 3. The fraction of sp³-hybridized carbons (Fsp3) is 0.500. The van der Waals surface area contributed by atoms with Crippen LogP contribution in [0.5, 0.6) is 0 Å². The van der Waals surface area contributed by atoms with Gasteiger partial charge in [-0.3, -0.25) is 14.4 Å². The molecule has 1 amide bonds. The Morgan fingerprint density at radius 1 is 1.41 bits per heavy atom. The van der Waals surface area contributed by atoms with E-state index in [0.717, 1.165) is 0 Å². The highest BCUT2D eigenvalue weighted by atomic mass is 35.5. The lowest BCUT2D eigenvalue weighted by Crippen LogP contribution is -2.50. The van der Waals surface area contributed by atoms with E-state index in [1.807, 2.05) is 6.07 Å². The van der Waals surface area contributed by atoms with Gasteiger partial charge in [-0.15, -0.1) is 0 Å². The van der Waals surface area contributed by atoms with E-state index in [1.165, 1.54) is 6.92 Å². The number of nitriles is 1. The van der Waals surface area contributed by atoms with E-state index in [0.29, 0.717) is 16.8 Å². The number of hydrogen-bond donors (Lipinski definition) is 1. The quantitative estimate of drug-likeness (QED) is 0.728. The molecule has 0 aliphatic carbocycles. The van der Waals surface area contributed by atoms with Crippen molar-refractivity contribution in [1.82, 2.24) is 9.88 Å². The average molecular weight is 408 g/mol. The summed E-state index contributed by atoms with van der Waals surface area (Å²) < 4.78 is 43.4. The van der Waals surface area contributed by atoms with Gasteiger partial charge >= 0.3 is 12.1 Å². The highest BCUT2D eigenvalue weighted by molar-refractivity contribution is 6.30. The SMILES string of the molecule is CC(C)[C@](C)(C#N)NC(=O)COC(=O)Cn1cc(C(F)(F)F)cc(Cl)c1=O. The van der Waals surface area contributed by atoms with Crippen LogP contribution in [0.25, 0.3) is 0 Å². The van der Waals surface area contributed by atoms with Crippen molar-refractivity contribution in [3.05, 3.63) is 33.2 Å². The summed E-state index contributed by atoms with van der Waals surface area (Å²) in [4.78, 5) is 35.3. The number of pyridine rings is 1. The van der Waals surface area contributed by atoms with Crippen molar-refractivity contribution < 1.29 is 27.5 Å². The zero-order valence-electron chi connectivity index (χ0n) is 14.7. The molecule has 0 saturated carbocycles. The van der Waals surface area contributed by atoms with Crippen molar-refractivity contribution in [2.75, 3.05) is 6.61 Å². The van der Waals surface area contributed by atoms with E-state index in [1.54, 1.807) is 13.8 Å². The fourth-order valence-corrected chi connectivity index (χ4v) is 2.06. The highest BCUT2D eigenvalue weighted by Gasteiger charge is 2.32. The number of nitrogens with one attached hydrogen (secondary N) is 1. The molecule has 1 aromatic heterocycles. The minimum Gasteiger partial charge on any atom is -0.454 e. The van der Waals surface area contributed by atoms with Crippen molar-refractivity contribution in [1.29, 1.82) is 5.26 Å². The van der Waals surface area contributed by atoms with Crippen LogP contribution in [0.4, 0.5) is 13.2 Å². The van der Waals surface area contributed by atoms with E-state index in [4.69, 9.17) is 16.9 Å². The van der Waals surface area contributed by atoms with Crippen molar-refractivity contribution in [3.63, 3.8) is 0 Å². The van der Waals surface area contributed by atoms with Gasteiger partial charge in [-0.2, -0.15) is 18.4 Å². The Bertz CT molecular complexity index is 830. The molecule has 1 aromatic rings. The second-order valence-corrected chi connectivity index (χ2v) is 6.59. The number of aromatic nitrogens is 1. The van der Waals surface area contributed by atoms with E-state index in [2.05, 4.69) is 10.1 Å². The van der Waals surface area contributed by atoms with Crippen molar-refractivity contribution >= 4 is 23.5 Å². The second-order valence-electron chi connectivity index (χ2n) is 6.19. The Balaban J connectivity index is 2.79. The molecule has 1 atom stereocenters. The molecule has 148 valence electrons. The third kappa shape index (κ3) is 5.99. The number of esters is 1. The van der Waals surface area contributed by atoms with Crippen LogP contribution < -0.4 is 10.9 Å². The Kier molecular flexibility index (Phi) is 7.03. The van der Waals surface area contributed by atoms with E-state index >= 15 is 0 Å². The summed E-state index contributed by atoms with van der Waals surface area (Å²) >= 11 is 5.47. The molecular weight excluding hydrogens is 391 g/mol. The molecule has 27 heavy (non-hydrogen) atoms. The second kappa shape index (κ2) is 8.43. The smallest absolute Gasteiger partial charge is 0.417 e. The topological polar surface area (TPSA) is 101 Å². The first-order chi connectivity index (χ1) is 12.3. The molecule has 1 rings (SSSR count). The molecule has 0 aromatic carbocycles. The van der Waals surface area contributed by atoms with Gasteiger partial charge in [-0.25, -0.2) is 0 Å². The summed E-state index contributed by atoms with van der Waals surface area (Å²) in [7, 11) is 0. The molecule has 0 radical (unpaired) electrons. The lowest BCUT2D eigenvalue weighted by molar-refractivity contribution is -0.149. The number of carbonyl (C=O) groups is 2. The summed E-state index contributed by atoms with van der Waals surface area (Å²) in [5.41, 5.74) is -3.41. The molecule has 11 heteroatoms. The van der Waals surface area contributed by atoms with E-state index < -0.39 is 52.9 Å². The van der Waals surface area contributed by atoms with Crippen molar-refractivity contribution in [2.45, 2.75) is 39.0 Å². The van der Waals surface area contributed by atoms with Crippen LogP contribution in [0.3, 0.4) is 0 Å². The van der Waals surface area contributed by atoms with Crippen LogP contribution in [0, 0.1) is 17.2 Å². The predicted octanol–water partition coefficient (Wildman–Crippen LogP) is 2.12. The lowest BCUT2D eigenvalue weighted by Gasteiger charge is -2.27. The summed E-state index contributed by atoms with van der Waals surface area (Å²) in [5.74, 6) is -2.12. The molecule has 1 N–H and O–H groups in total. The first kappa shape index (κ1) is 22.5. The van der Waals surface area contributed by atoms with Gasteiger partial charge in [0.15, 0.2) is 6.61 Å². The Morgan fingerprint density at radius 3 is 2.48 bits per heavy atom. The third-order valence-electron chi connectivity index (χ3n) is 3.82. The number of rotatable bonds is 6. The number of carbonyl (C=O) groups excluding carboxylic acids is 2. The van der Waals surface area contributed by atoms with Gasteiger partial charge in [0, 0.05) is 6.20 Å². The Morgan fingerprint density at radius 2 is 2.00 bits per heavy atom. The van der Waals surface area contributed by atoms with E-state index in [-0.39, 0.29) is 5.92 Å².